The molecule has 3 aromatic rings. The Bertz CT molecular complexity index is 1400. The fourth-order valence-corrected chi connectivity index (χ4v) is 7.09. The largest absolute Gasteiger partial charge is 0.480 e. The van der Waals surface area contributed by atoms with Gasteiger partial charge in [-0.1, -0.05) is 44.5 Å². The molecule has 2 unspecified atom stereocenters. The van der Waals surface area contributed by atoms with Gasteiger partial charge in [0.2, 0.25) is 0 Å². The lowest BCUT2D eigenvalue weighted by Crippen LogP contribution is -2.38. The van der Waals surface area contributed by atoms with Gasteiger partial charge < -0.3 is 15.3 Å². The van der Waals surface area contributed by atoms with Gasteiger partial charge in [-0.3, -0.25) is 9.48 Å². The van der Waals surface area contributed by atoms with Crippen LogP contribution in [0.3, 0.4) is 0 Å². The average molecular weight is 645 g/mol. The summed E-state index contributed by atoms with van der Waals surface area (Å²) in [5.74, 6) is 0.680. The zero-order chi connectivity index (χ0) is 33.4. The van der Waals surface area contributed by atoms with Crippen LogP contribution in [0.25, 0.3) is 0 Å². The van der Waals surface area contributed by atoms with E-state index >= 15 is 0 Å². The third-order valence-corrected chi connectivity index (χ3v) is 9.51. The highest BCUT2D eigenvalue weighted by Gasteiger charge is 2.33. The molecule has 2 heterocycles. The minimum atomic E-state index is -4.32. The van der Waals surface area contributed by atoms with Crippen molar-refractivity contribution < 1.29 is 27.5 Å². The standard InChI is InChI=1S/C30H35F4N3.C6H13NO2/c1-2-37-29(19-27(35-37)17-21-9-11-25(12-10-21)30(32,33)34)22-13-15-36(16-14-22)20-24-6-4-8-28(24)23-5-3-7-26(31)18-23;1-4(2)5(7-3)6(8)9/h3,5,7,9-12,18-19,22,24,28H,2,4,6,8,13-17,20H2,1H3;4-5,7H,1-3H3,(H,8,9)/t24?,28-;/m1./s1. The zero-order valence-electron chi connectivity index (χ0n) is 27.4. The molecule has 3 atom stereocenters. The highest BCUT2D eigenvalue weighted by molar-refractivity contribution is 5.73. The number of aryl methyl sites for hydroxylation is 1. The van der Waals surface area contributed by atoms with E-state index in [0.717, 1.165) is 74.4 Å². The summed E-state index contributed by atoms with van der Waals surface area (Å²) >= 11 is 0. The van der Waals surface area contributed by atoms with Gasteiger partial charge in [0.1, 0.15) is 11.9 Å². The molecule has 6 nitrogen and oxygen atoms in total. The van der Waals surface area contributed by atoms with E-state index in [4.69, 9.17) is 10.2 Å². The van der Waals surface area contributed by atoms with E-state index < -0.39 is 23.8 Å². The van der Waals surface area contributed by atoms with E-state index in [9.17, 15) is 22.4 Å². The van der Waals surface area contributed by atoms with Gasteiger partial charge in [-0.25, -0.2) is 4.39 Å². The fourth-order valence-electron chi connectivity index (χ4n) is 7.09. The molecule has 1 saturated heterocycles. The van der Waals surface area contributed by atoms with Crippen LogP contribution in [0.2, 0.25) is 0 Å². The summed E-state index contributed by atoms with van der Waals surface area (Å²) in [6, 6.07) is 14.3. The van der Waals surface area contributed by atoms with Crippen LogP contribution in [0, 0.1) is 17.7 Å². The van der Waals surface area contributed by atoms with Crippen molar-refractivity contribution in [3.63, 3.8) is 0 Å². The van der Waals surface area contributed by atoms with Crippen LogP contribution in [0.15, 0.2) is 54.6 Å². The van der Waals surface area contributed by atoms with Crippen molar-refractivity contribution in [1.82, 2.24) is 20.0 Å². The molecule has 1 aliphatic heterocycles. The van der Waals surface area contributed by atoms with Crippen molar-refractivity contribution >= 4 is 5.97 Å². The lowest BCUT2D eigenvalue weighted by Gasteiger charge is -2.35. The summed E-state index contributed by atoms with van der Waals surface area (Å²) in [5.41, 5.74) is 3.50. The summed E-state index contributed by atoms with van der Waals surface area (Å²) in [6.45, 7) is 9.76. The van der Waals surface area contributed by atoms with Gasteiger partial charge in [-0.05, 0) is 112 Å². The Morgan fingerprint density at radius 2 is 1.74 bits per heavy atom. The van der Waals surface area contributed by atoms with Crippen molar-refractivity contribution in [1.29, 1.82) is 0 Å². The number of alkyl halides is 3. The molecule has 46 heavy (non-hydrogen) atoms. The van der Waals surface area contributed by atoms with Crippen molar-refractivity contribution in [2.24, 2.45) is 11.8 Å². The molecule has 2 fully saturated rings. The molecule has 5 rings (SSSR count). The molecule has 252 valence electrons. The molecule has 1 aliphatic carbocycles. The van der Waals surface area contributed by atoms with Crippen LogP contribution < -0.4 is 5.32 Å². The number of carboxylic acids is 1. The predicted molar refractivity (Wildman–Crippen MR) is 172 cm³/mol. The second kappa shape index (κ2) is 16.0. The molecule has 0 amide bonds. The number of halogens is 4. The quantitative estimate of drug-likeness (QED) is 0.221. The number of hydrogen-bond acceptors (Lipinski definition) is 4. The molecule has 0 spiro atoms. The van der Waals surface area contributed by atoms with Crippen LogP contribution in [0.1, 0.15) is 92.8 Å². The first kappa shape index (κ1) is 35.6. The third kappa shape index (κ3) is 9.41. The van der Waals surface area contributed by atoms with Gasteiger partial charge in [0.05, 0.1) is 11.3 Å². The number of likely N-dealkylation sites (tertiary alicyclic amines) is 1. The molecule has 2 aliphatic rings. The lowest BCUT2D eigenvalue weighted by molar-refractivity contribution is -0.140. The van der Waals surface area contributed by atoms with Crippen LogP contribution in [0.4, 0.5) is 17.6 Å². The van der Waals surface area contributed by atoms with E-state index in [1.165, 1.54) is 24.6 Å². The number of hydrogen-bond donors (Lipinski definition) is 2. The second-order valence-corrected chi connectivity index (χ2v) is 13.0. The molecule has 2 N–H and O–H groups in total. The maximum atomic E-state index is 13.8. The van der Waals surface area contributed by atoms with Crippen LogP contribution in [-0.2, 0) is 23.9 Å². The lowest BCUT2D eigenvalue weighted by atomic mass is 9.87. The van der Waals surface area contributed by atoms with E-state index in [1.54, 1.807) is 25.2 Å². The predicted octanol–water partition coefficient (Wildman–Crippen LogP) is 7.73. The summed E-state index contributed by atoms with van der Waals surface area (Å²) < 4.78 is 54.5. The molecule has 1 aromatic heterocycles. The fraction of sp³-hybridized carbons (Fsp3) is 0.556. The van der Waals surface area contributed by atoms with Crippen molar-refractivity contribution in [2.45, 2.75) is 89.9 Å². The van der Waals surface area contributed by atoms with Gasteiger partial charge in [-0.15, -0.1) is 0 Å². The smallest absolute Gasteiger partial charge is 0.416 e. The Labute approximate surface area is 270 Å². The Kier molecular flexibility index (Phi) is 12.4. The van der Waals surface area contributed by atoms with Crippen molar-refractivity contribution in [3.05, 3.63) is 88.5 Å². The molecule has 0 bridgehead atoms. The van der Waals surface area contributed by atoms with E-state index in [2.05, 4.69) is 34.0 Å². The minimum absolute atomic E-state index is 0.144. The number of aromatic nitrogens is 2. The first-order chi connectivity index (χ1) is 21.9. The number of nitrogens with zero attached hydrogens (tertiary/aromatic N) is 3. The van der Waals surface area contributed by atoms with Gasteiger partial charge in [-0.2, -0.15) is 18.3 Å². The summed E-state index contributed by atoms with van der Waals surface area (Å²) in [6.07, 6.45) is 1.91. The highest BCUT2D eigenvalue weighted by Crippen LogP contribution is 2.41. The molecule has 10 heteroatoms. The number of benzene rings is 2. The Morgan fingerprint density at radius 1 is 1.04 bits per heavy atom. The summed E-state index contributed by atoms with van der Waals surface area (Å²) in [7, 11) is 1.65. The van der Waals surface area contributed by atoms with Crippen molar-refractivity contribution in [3.8, 4) is 0 Å². The molecular formula is C36H48F4N4O2. The number of aliphatic carboxylic acids is 1. The maximum absolute atomic E-state index is 13.8. The Hall–Kier alpha value is -3.24. The SMILES string of the molecule is CCn1nc(Cc2ccc(C(F)(F)F)cc2)cc1C1CCN(CC2CCC[C@@H]2c2cccc(F)c2)CC1.CNC(C(=O)O)C(C)C. The van der Waals surface area contributed by atoms with E-state index in [1.807, 2.05) is 19.9 Å². The zero-order valence-corrected chi connectivity index (χ0v) is 27.4. The van der Waals surface area contributed by atoms with Gasteiger partial charge in [0, 0.05) is 31.1 Å². The molecular weight excluding hydrogens is 596 g/mol. The van der Waals surface area contributed by atoms with Crippen LogP contribution >= 0.6 is 0 Å². The Morgan fingerprint density at radius 3 is 2.28 bits per heavy atom. The van der Waals surface area contributed by atoms with Gasteiger partial charge in [0.25, 0.3) is 0 Å². The average Bonchev–Trinajstić information content (AvgIpc) is 3.64. The number of rotatable bonds is 10. The summed E-state index contributed by atoms with van der Waals surface area (Å²) in [5, 5.41) is 16.0. The topological polar surface area (TPSA) is 70.4 Å². The van der Waals surface area contributed by atoms with Crippen LogP contribution in [0.5, 0.6) is 0 Å². The van der Waals surface area contributed by atoms with Crippen LogP contribution in [-0.4, -0.2) is 58.5 Å². The Balaban J connectivity index is 0.000000468. The normalized spacial score (nSPS) is 20.0. The highest BCUT2D eigenvalue weighted by atomic mass is 19.4. The number of nitrogens with one attached hydrogen (secondary N) is 1. The molecule has 1 saturated carbocycles. The number of carbonyl (C=O) groups is 1. The molecule has 2 aromatic carbocycles. The molecule has 0 radical (unpaired) electrons. The van der Waals surface area contributed by atoms with E-state index in [-0.39, 0.29) is 11.7 Å². The minimum Gasteiger partial charge on any atom is -0.480 e. The first-order valence-electron chi connectivity index (χ1n) is 16.5. The number of piperidine rings is 1. The van der Waals surface area contributed by atoms with E-state index in [0.29, 0.717) is 24.2 Å². The van der Waals surface area contributed by atoms with Gasteiger partial charge in [0.15, 0.2) is 0 Å². The maximum Gasteiger partial charge on any atom is 0.416 e. The number of carboxylic acid groups (broad SMARTS) is 1. The first-order valence-corrected chi connectivity index (χ1v) is 16.5. The third-order valence-electron chi connectivity index (χ3n) is 9.51. The number of likely N-dealkylation sites (N-methyl/N-ethyl adjacent to an activating group) is 1. The monoisotopic (exact) mass is 644 g/mol. The van der Waals surface area contributed by atoms with Crippen molar-refractivity contribution in [2.75, 3.05) is 26.7 Å². The second-order valence-electron chi connectivity index (χ2n) is 13.0. The summed E-state index contributed by atoms with van der Waals surface area (Å²) in [4.78, 5) is 12.9. The van der Waals surface area contributed by atoms with Gasteiger partial charge >= 0.3 is 12.1 Å².